The van der Waals surface area contributed by atoms with Crippen LogP contribution in [0, 0.1) is 5.92 Å². The van der Waals surface area contributed by atoms with Crippen molar-refractivity contribution in [2.45, 2.75) is 77.2 Å². The van der Waals surface area contributed by atoms with Crippen LogP contribution in [0.5, 0.6) is 0 Å². The molecule has 2 aromatic rings. The monoisotopic (exact) mass is 696 g/mol. The zero-order chi connectivity index (χ0) is 35.8. The molecular weight excluding hydrogens is 652 g/mol. The van der Waals surface area contributed by atoms with E-state index < -0.39 is 65.7 Å². The number of likely N-dealkylation sites (N-methyl/N-ethyl adjacent to an activating group) is 1. The molecule has 15 nitrogen and oxygen atoms in total. The number of hydrogen-bond acceptors (Lipinski definition) is 9. The summed E-state index contributed by atoms with van der Waals surface area (Å²) in [7, 11) is 1.52. The van der Waals surface area contributed by atoms with E-state index >= 15 is 0 Å². The normalized spacial score (nSPS) is 25.1. The minimum atomic E-state index is -1.03. The zero-order valence-electron chi connectivity index (χ0n) is 28.3. The lowest BCUT2D eigenvalue weighted by atomic mass is 10.0. The average molecular weight is 697 g/mol. The number of nitrogens with zero attached hydrogens (tertiary/aromatic N) is 3. The van der Waals surface area contributed by atoms with Crippen molar-refractivity contribution in [2.24, 2.45) is 5.92 Å². The molecule has 0 unspecified atom stereocenters. The molecule has 1 aromatic heterocycles. The first-order valence-corrected chi connectivity index (χ1v) is 17.1. The molecule has 7 amide bonds. The fraction of sp³-hybridized carbons (Fsp3) is 0.515. The van der Waals surface area contributed by atoms with Gasteiger partial charge in [0.05, 0.1) is 12.6 Å². The van der Waals surface area contributed by atoms with Crippen LogP contribution in [0.1, 0.15) is 67.6 Å². The van der Waals surface area contributed by atoms with Gasteiger partial charge in [0.15, 0.2) is 0 Å². The first-order chi connectivity index (χ1) is 23.2. The van der Waals surface area contributed by atoms with Gasteiger partial charge in [-0.15, -0.1) is 11.3 Å². The largest absolute Gasteiger partial charge is 0.345 e. The summed E-state index contributed by atoms with van der Waals surface area (Å²) in [5.74, 6) is -3.84. The predicted octanol–water partition coefficient (Wildman–Crippen LogP) is -0.114. The van der Waals surface area contributed by atoms with Gasteiger partial charge in [-0.25, -0.2) is 4.98 Å². The summed E-state index contributed by atoms with van der Waals surface area (Å²) in [5, 5.41) is 15.5. The predicted molar refractivity (Wildman–Crippen MR) is 180 cm³/mol. The highest BCUT2D eigenvalue weighted by molar-refractivity contribution is 7.09. The molecule has 0 aliphatic carbocycles. The maximum Gasteiger partial charge on any atom is 0.271 e. The second-order valence-electron chi connectivity index (χ2n) is 12.7. The third-order valence-corrected chi connectivity index (χ3v) is 9.37. The molecule has 3 heterocycles. The minimum absolute atomic E-state index is 0.0255. The quantitative estimate of drug-likeness (QED) is 0.292. The maximum absolute atomic E-state index is 13.6. The van der Waals surface area contributed by atoms with Crippen molar-refractivity contribution in [2.75, 3.05) is 26.7 Å². The third kappa shape index (κ3) is 9.84. The summed E-state index contributed by atoms with van der Waals surface area (Å²) in [4.78, 5) is 99.0. The maximum atomic E-state index is 13.6. The Hall–Kier alpha value is -4.86. The van der Waals surface area contributed by atoms with Gasteiger partial charge in [0.1, 0.15) is 34.9 Å². The number of amides is 7. The number of benzene rings is 1. The number of aromatic nitrogens is 1. The van der Waals surface area contributed by atoms with Crippen molar-refractivity contribution >= 4 is 52.7 Å². The zero-order valence-corrected chi connectivity index (χ0v) is 29.1. The van der Waals surface area contributed by atoms with Crippen LogP contribution in [0.15, 0.2) is 35.7 Å². The molecule has 2 bridgehead atoms. The van der Waals surface area contributed by atoms with Crippen molar-refractivity contribution in [3.63, 3.8) is 0 Å². The molecule has 5 atom stereocenters. The van der Waals surface area contributed by atoms with Crippen LogP contribution in [-0.2, 0) is 35.2 Å². The third-order valence-electron chi connectivity index (χ3n) is 8.41. The SMILES string of the molecule is CC(C)[C@@H]1NC(=O)[C@H](C)NC(=O)c2csc(n2)[C@H](Cc2ccccc2)NC(=O)CN(C(=O)[C@H]2CCC(=O)N2)CCN(C)C(=O)[C@@H](C)NC1=O. The Morgan fingerprint density at radius 3 is 2.27 bits per heavy atom. The van der Waals surface area contributed by atoms with Gasteiger partial charge in [0, 0.05) is 31.9 Å². The number of rotatable bonds is 4. The molecular formula is C33H44N8O7S. The summed E-state index contributed by atoms with van der Waals surface area (Å²) in [5.41, 5.74) is 0.934. The highest BCUT2D eigenvalue weighted by atomic mass is 32.1. The second kappa shape index (κ2) is 16.5. The topological polar surface area (TPSA) is 199 Å². The summed E-state index contributed by atoms with van der Waals surface area (Å²) >= 11 is 1.16. The number of hydrogen-bond donors (Lipinski definition) is 5. The average Bonchev–Trinajstić information content (AvgIpc) is 3.74. The molecule has 1 saturated heterocycles. The molecule has 2 aliphatic heterocycles. The van der Waals surface area contributed by atoms with Crippen molar-refractivity contribution in [3.8, 4) is 0 Å². The molecule has 1 aromatic carbocycles. The van der Waals surface area contributed by atoms with E-state index in [2.05, 4.69) is 31.6 Å². The minimum Gasteiger partial charge on any atom is -0.345 e. The van der Waals surface area contributed by atoms with Crippen LogP contribution in [-0.4, -0.2) is 107 Å². The molecule has 264 valence electrons. The number of thiazole rings is 1. The number of fused-ring (bicyclic) bond motifs is 2. The van der Waals surface area contributed by atoms with Crippen LogP contribution < -0.4 is 26.6 Å². The molecule has 16 heteroatoms. The van der Waals surface area contributed by atoms with Gasteiger partial charge in [-0.05, 0) is 38.2 Å². The summed E-state index contributed by atoms with van der Waals surface area (Å²) in [6.45, 7) is 6.09. The fourth-order valence-electron chi connectivity index (χ4n) is 5.53. The molecule has 0 saturated carbocycles. The summed E-state index contributed by atoms with van der Waals surface area (Å²) < 4.78 is 0. The smallest absolute Gasteiger partial charge is 0.271 e. The van der Waals surface area contributed by atoms with Crippen molar-refractivity contribution in [1.82, 2.24) is 41.4 Å². The van der Waals surface area contributed by atoms with Gasteiger partial charge in [-0.3, -0.25) is 33.6 Å². The lowest BCUT2D eigenvalue weighted by Crippen LogP contribution is -2.57. The Kier molecular flexibility index (Phi) is 12.4. The van der Waals surface area contributed by atoms with E-state index in [-0.39, 0.29) is 50.0 Å². The standard InChI is InChI=1S/C33H44N8O7S/c1-18(2)27-30(46)35-20(4)32(47)40(5)13-14-41(33(48)22-11-12-25(42)36-22)16-26(43)37-23(15-21-9-7-6-8-10-21)31-38-24(17-49-31)29(45)34-19(3)28(44)39-27/h6-10,17-20,22-23,27H,11-16H2,1-5H3,(H,34,45)(H,35,46)(H,36,42)(H,37,43)(H,39,44)/t19-,20+,22+,23-,27-/m0/s1. The fourth-order valence-corrected chi connectivity index (χ4v) is 6.38. The Morgan fingerprint density at radius 1 is 0.898 bits per heavy atom. The molecule has 4 rings (SSSR count). The van der Waals surface area contributed by atoms with E-state index in [1.54, 1.807) is 13.8 Å². The molecule has 5 N–H and O–H groups in total. The lowest BCUT2D eigenvalue weighted by molar-refractivity contribution is -0.140. The van der Waals surface area contributed by atoms with E-state index in [9.17, 15) is 33.6 Å². The highest BCUT2D eigenvalue weighted by Crippen LogP contribution is 2.23. The Morgan fingerprint density at radius 2 is 1.61 bits per heavy atom. The molecule has 2 aliphatic rings. The summed E-state index contributed by atoms with van der Waals surface area (Å²) in [6.07, 6.45) is 0.793. The van der Waals surface area contributed by atoms with Crippen LogP contribution in [0.2, 0.25) is 0 Å². The van der Waals surface area contributed by atoms with Gasteiger partial charge in [0.25, 0.3) is 5.91 Å². The van der Waals surface area contributed by atoms with E-state index in [0.29, 0.717) is 11.4 Å². The molecule has 49 heavy (non-hydrogen) atoms. The van der Waals surface area contributed by atoms with Gasteiger partial charge in [-0.2, -0.15) is 0 Å². The van der Waals surface area contributed by atoms with Crippen molar-refractivity contribution < 1.29 is 33.6 Å². The molecule has 0 radical (unpaired) electrons. The van der Waals surface area contributed by atoms with E-state index in [4.69, 9.17) is 0 Å². The van der Waals surface area contributed by atoms with E-state index in [1.807, 2.05) is 30.3 Å². The van der Waals surface area contributed by atoms with Gasteiger partial charge >= 0.3 is 0 Å². The second-order valence-corrected chi connectivity index (χ2v) is 13.6. The Balaban J connectivity index is 1.66. The Bertz CT molecular complexity index is 1560. The van der Waals surface area contributed by atoms with Crippen LogP contribution in [0.3, 0.4) is 0 Å². The van der Waals surface area contributed by atoms with Gasteiger partial charge in [-0.1, -0.05) is 44.2 Å². The van der Waals surface area contributed by atoms with E-state index in [0.717, 1.165) is 16.9 Å². The lowest BCUT2D eigenvalue weighted by Gasteiger charge is -2.30. The van der Waals surface area contributed by atoms with Crippen molar-refractivity contribution in [3.05, 3.63) is 52.0 Å². The van der Waals surface area contributed by atoms with Crippen molar-refractivity contribution in [1.29, 1.82) is 0 Å². The van der Waals surface area contributed by atoms with Gasteiger partial charge in [0.2, 0.25) is 35.4 Å². The van der Waals surface area contributed by atoms with Crippen LogP contribution >= 0.6 is 11.3 Å². The number of nitrogens with one attached hydrogen (secondary N) is 5. The first kappa shape index (κ1) is 37.0. The number of carbonyl (C=O) groups is 7. The first-order valence-electron chi connectivity index (χ1n) is 16.3. The van der Waals surface area contributed by atoms with Crippen LogP contribution in [0.4, 0.5) is 0 Å². The number of carbonyl (C=O) groups excluding carboxylic acids is 7. The Labute approximate surface area is 288 Å². The van der Waals surface area contributed by atoms with Gasteiger partial charge < -0.3 is 36.4 Å². The molecule has 1 fully saturated rings. The molecule has 0 spiro atoms. The van der Waals surface area contributed by atoms with Crippen LogP contribution in [0.25, 0.3) is 0 Å². The summed E-state index contributed by atoms with van der Waals surface area (Å²) in [6, 6.07) is 4.88. The van der Waals surface area contributed by atoms with E-state index in [1.165, 1.54) is 36.1 Å². The highest BCUT2D eigenvalue weighted by Gasteiger charge is 2.34.